The van der Waals surface area contributed by atoms with Crippen LogP contribution in [0, 0.1) is 0 Å². The summed E-state index contributed by atoms with van der Waals surface area (Å²) >= 11 is 5.71. The Kier molecular flexibility index (Phi) is 3.66. The molecule has 7 heteroatoms. The lowest BCUT2D eigenvalue weighted by atomic mass is 10.1. The SMILES string of the molecule is O=S(=O)(c1ccc(Cl)cc1)[C@H]1CNCC1(O)CO. The molecule has 1 fully saturated rings. The van der Waals surface area contributed by atoms with Crippen LogP contribution < -0.4 is 5.32 Å². The number of aliphatic hydroxyl groups excluding tert-OH is 1. The van der Waals surface area contributed by atoms with Crippen LogP contribution in [0.3, 0.4) is 0 Å². The first-order valence-corrected chi connectivity index (χ1v) is 7.36. The Morgan fingerprint density at radius 1 is 1.39 bits per heavy atom. The number of benzene rings is 1. The Balaban J connectivity index is 2.40. The summed E-state index contributed by atoms with van der Waals surface area (Å²) in [7, 11) is -3.71. The number of hydrogen-bond acceptors (Lipinski definition) is 5. The Bertz CT molecular complexity index is 530. The van der Waals surface area contributed by atoms with Crippen LogP contribution >= 0.6 is 11.6 Å². The third-order valence-corrected chi connectivity index (χ3v) is 5.69. The van der Waals surface area contributed by atoms with Gasteiger partial charge in [0.2, 0.25) is 0 Å². The van der Waals surface area contributed by atoms with Crippen molar-refractivity contribution in [3.8, 4) is 0 Å². The van der Waals surface area contributed by atoms with Crippen LogP contribution in [0.5, 0.6) is 0 Å². The molecule has 5 nitrogen and oxygen atoms in total. The second-order valence-corrected chi connectivity index (χ2v) is 6.95. The van der Waals surface area contributed by atoms with Crippen molar-refractivity contribution in [2.24, 2.45) is 0 Å². The monoisotopic (exact) mass is 291 g/mol. The molecule has 1 aliphatic rings. The standard InChI is InChI=1S/C11H14ClNO4S/c12-8-1-3-9(4-2-8)18(16,17)10-5-13-6-11(10,15)7-14/h1-4,10,13-15H,5-7H2/t10-,11?/m0/s1. The molecule has 2 rings (SSSR count). The van der Waals surface area contributed by atoms with Gasteiger partial charge in [-0.1, -0.05) is 11.6 Å². The fourth-order valence-electron chi connectivity index (χ4n) is 2.07. The molecular formula is C11H14ClNO4S. The Labute approximate surface area is 110 Å². The average Bonchev–Trinajstić information content (AvgIpc) is 2.73. The van der Waals surface area contributed by atoms with Crippen molar-refractivity contribution in [1.29, 1.82) is 0 Å². The Hall–Kier alpha value is -0.660. The molecule has 1 unspecified atom stereocenters. The van der Waals surface area contributed by atoms with Gasteiger partial charge in [-0.05, 0) is 24.3 Å². The zero-order valence-electron chi connectivity index (χ0n) is 9.51. The molecule has 1 aliphatic heterocycles. The maximum absolute atomic E-state index is 12.4. The van der Waals surface area contributed by atoms with Crippen molar-refractivity contribution in [3.63, 3.8) is 0 Å². The summed E-state index contributed by atoms with van der Waals surface area (Å²) in [5, 5.41) is 21.4. The first kappa shape index (κ1) is 13.8. The topological polar surface area (TPSA) is 86.6 Å². The predicted molar refractivity (Wildman–Crippen MR) is 67.3 cm³/mol. The van der Waals surface area contributed by atoms with Crippen LogP contribution in [0.15, 0.2) is 29.2 Å². The zero-order chi connectivity index (χ0) is 13.4. The number of rotatable bonds is 3. The van der Waals surface area contributed by atoms with E-state index in [-0.39, 0.29) is 18.0 Å². The molecule has 2 atom stereocenters. The van der Waals surface area contributed by atoms with Gasteiger partial charge in [0.25, 0.3) is 0 Å². The highest BCUT2D eigenvalue weighted by atomic mass is 35.5. The maximum Gasteiger partial charge on any atom is 0.185 e. The van der Waals surface area contributed by atoms with E-state index in [1.807, 2.05) is 0 Å². The molecule has 100 valence electrons. The van der Waals surface area contributed by atoms with Crippen molar-refractivity contribution >= 4 is 21.4 Å². The zero-order valence-corrected chi connectivity index (χ0v) is 11.1. The minimum absolute atomic E-state index is 0.0565. The van der Waals surface area contributed by atoms with E-state index >= 15 is 0 Å². The summed E-state index contributed by atoms with van der Waals surface area (Å²) in [6.07, 6.45) is 0. The third kappa shape index (κ3) is 2.26. The van der Waals surface area contributed by atoms with E-state index in [0.717, 1.165) is 0 Å². The molecule has 0 saturated carbocycles. The molecule has 0 radical (unpaired) electrons. The molecular weight excluding hydrogens is 278 g/mol. The fraction of sp³-hybridized carbons (Fsp3) is 0.455. The predicted octanol–water partition coefficient (Wildman–Crippen LogP) is -0.191. The van der Waals surface area contributed by atoms with E-state index in [2.05, 4.69) is 5.32 Å². The first-order chi connectivity index (χ1) is 8.40. The minimum atomic E-state index is -3.71. The molecule has 0 amide bonds. The summed E-state index contributed by atoms with van der Waals surface area (Å²) < 4.78 is 24.7. The van der Waals surface area contributed by atoms with Crippen LogP contribution in [0.2, 0.25) is 5.02 Å². The molecule has 1 aromatic carbocycles. The smallest absolute Gasteiger partial charge is 0.185 e. The van der Waals surface area contributed by atoms with Crippen molar-refractivity contribution in [3.05, 3.63) is 29.3 Å². The van der Waals surface area contributed by atoms with Crippen LogP contribution in [-0.2, 0) is 9.84 Å². The summed E-state index contributed by atoms with van der Waals surface area (Å²) in [6, 6.07) is 5.76. The average molecular weight is 292 g/mol. The largest absolute Gasteiger partial charge is 0.393 e. The Morgan fingerprint density at radius 3 is 2.56 bits per heavy atom. The second kappa shape index (κ2) is 4.79. The van der Waals surface area contributed by atoms with Gasteiger partial charge in [-0.25, -0.2) is 8.42 Å². The van der Waals surface area contributed by atoms with Crippen LogP contribution in [0.4, 0.5) is 0 Å². The molecule has 0 spiro atoms. The van der Waals surface area contributed by atoms with Crippen molar-refractivity contribution < 1.29 is 18.6 Å². The van der Waals surface area contributed by atoms with E-state index in [1.54, 1.807) is 0 Å². The molecule has 0 bridgehead atoms. The highest BCUT2D eigenvalue weighted by Gasteiger charge is 2.48. The summed E-state index contributed by atoms with van der Waals surface area (Å²) in [5.74, 6) is 0. The molecule has 18 heavy (non-hydrogen) atoms. The molecule has 0 aliphatic carbocycles. The van der Waals surface area contributed by atoms with Crippen molar-refractivity contribution in [2.45, 2.75) is 15.7 Å². The van der Waals surface area contributed by atoms with E-state index in [0.29, 0.717) is 5.02 Å². The lowest BCUT2D eigenvalue weighted by molar-refractivity contribution is 0.00578. The number of nitrogens with one attached hydrogen (secondary N) is 1. The van der Waals surface area contributed by atoms with Crippen molar-refractivity contribution in [1.82, 2.24) is 5.32 Å². The highest BCUT2D eigenvalue weighted by Crippen LogP contribution is 2.28. The minimum Gasteiger partial charge on any atom is -0.393 e. The Morgan fingerprint density at radius 2 is 2.00 bits per heavy atom. The number of β-amino-alcohol motifs (C(OH)–C–C–N with tert-alkyl or cyclic N) is 1. The van der Waals surface area contributed by atoms with Gasteiger partial charge in [0.15, 0.2) is 9.84 Å². The second-order valence-electron chi connectivity index (χ2n) is 4.38. The van der Waals surface area contributed by atoms with Gasteiger partial charge in [-0.15, -0.1) is 0 Å². The number of sulfone groups is 1. The van der Waals surface area contributed by atoms with E-state index < -0.39 is 27.3 Å². The normalized spacial score (nSPS) is 28.5. The van der Waals surface area contributed by atoms with E-state index in [9.17, 15) is 18.6 Å². The third-order valence-electron chi connectivity index (χ3n) is 3.15. The summed E-state index contributed by atoms with van der Waals surface area (Å²) in [6.45, 7) is -0.430. The fourth-order valence-corrected chi connectivity index (χ4v) is 4.11. The van der Waals surface area contributed by atoms with E-state index in [4.69, 9.17) is 11.6 Å². The van der Waals surface area contributed by atoms with Gasteiger partial charge in [0.1, 0.15) is 10.9 Å². The van der Waals surface area contributed by atoms with Crippen LogP contribution in [0.1, 0.15) is 0 Å². The molecule has 0 aromatic heterocycles. The van der Waals surface area contributed by atoms with Gasteiger partial charge >= 0.3 is 0 Å². The molecule has 1 aromatic rings. The molecule has 3 N–H and O–H groups in total. The van der Waals surface area contributed by atoms with Gasteiger partial charge in [0, 0.05) is 18.1 Å². The van der Waals surface area contributed by atoms with Crippen LogP contribution in [0.25, 0.3) is 0 Å². The lowest BCUT2D eigenvalue weighted by Gasteiger charge is -2.26. The van der Waals surface area contributed by atoms with Gasteiger partial charge in [-0.2, -0.15) is 0 Å². The van der Waals surface area contributed by atoms with Gasteiger partial charge in [-0.3, -0.25) is 0 Å². The highest BCUT2D eigenvalue weighted by molar-refractivity contribution is 7.92. The summed E-state index contributed by atoms with van der Waals surface area (Å²) in [4.78, 5) is 0.0903. The molecule has 1 heterocycles. The number of hydrogen-bond donors (Lipinski definition) is 3. The molecule has 1 saturated heterocycles. The number of halogens is 1. The van der Waals surface area contributed by atoms with Crippen LogP contribution in [-0.4, -0.2) is 49.2 Å². The summed E-state index contributed by atoms with van der Waals surface area (Å²) in [5.41, 5.74) is -1.64. The van der Waals surface area contributed by atoms with Crippen molar-refractivity contribution in [2.75, 3.05) is 19.7 Å². The van der Waals surface area contributed by atoms with Gasteiger partial charge in [0.05, 0.1) is 11.5 Å². The maximum atomic E-state index is 12.4. The quantitative estimate of drug-likeness (QED) is 0.718. The lowest BCUT2D eigenvalue weighted by Crippen LogP contribution is -2.49. The number of aliphatic hydroxyl groups is 2. The van der Waals surface area contributed by atoms with E-state index in [1.165, 1.54) is 24.3 Å². The first-order valence-electron chi connectivity index (χ1n) is 5.43. The van der Waals surface area contributed by atoms with Gasteiger partial charge < -0.3 is 15.5 Å².